The van der Waals surface area contributed by atoms with E-state index in [1.807, 2.05) is 0 Å². The summed E-state index contributed by atoms with van der Waals surface area (Å²) in [5, 5.41) is 2.24. The quantitative estimate of drug-likeness (QED) is 0.354. The molecule has 0 amide bonds. The van der Waals surface area contributed by atoms with Gasteiger partial charge in [-0.25, -0.2) is 0 Å². The van der Waals surface area contributed by atoms with Crippen molar-refractivity contribution in [1.82, 2.24) is 0 Å². The van der Waals surface area contributed by atoms with E-state index < -0.39 is 0 Å². The van der Waals surface area contributed by atoms with Crippen molar-refractivity contribution in [2.24, 2.45) is 0 Å². The summed E-state index contributed by atoms with van der Waals surface area (Å²) in [6, 6.07) is 0. The van der Waals surface area contributed by atoms with E-state index >= 15 is 0 Å². The van der Waals surface area contributed by atoms with E-state index in [0.29, 0.717) is 13.1 Å². The molecule has 0 aromatic heterocycles. The predicted molar refractivity (Wildman–Crippen MR) is 76.7 cm³/mol. The number of halogens is 2. The van der Waals surface area contributed by atoms with E-state index in [1.54, 1.807) is 37.5 Å². The van der Waals surface area contributed by atoms with Gasteiger partial charge in [0.2, 0.25) is 0 Å². The van der Waals surface area contributed by atoms with E-state index in [4.69, 9.17) is 11.5 Å². The minimum atomic E-state index is 0. The summed E-state index contributed by atoms with van der Waals surface area (Å²) in [7, 11) is 9.22. The standard InChI is InChI=1S/C7H17N3.2ClH.4H2N.2Pt/c8-4-1-2-6-10-7-3-5-9;;;;;;;;/h8-10H,1-7H2;2*1H;4*1H2;;/q-2;;;4*-1;2*+1/p-1. The average Bonchev–Trinajstić information content (AvgIpc) is 2.29. The number of hydrogen-bond acceptors (Lipinski definition) is 0. The van der Waals surface area contributed by atoms with Crippen LogP contribution in [0.3, 0.4) is 0 Å². The molecule has 12 N–H and O–H groups in total. The summed E-state index contributed by atoms with van der Waals surface area (Å²) < 4.78 is 0. The molecular formula is C7H26Cl2N7Pt2-5. The Morgan fingerprint density at radius 1 is 0.667 bits per heavy atom. The molecule has 0 rings (SSSR count). The number of unbranched alkanes of at least 4 members (excludes halogenated alkanes) is 1. The third-order valence-electron chi connectivity index (χ3n) is 1.42. The molecule has 0 aromatic rings. The van der Waals surface area contributed by atoms with Crippen molar-refractivity contribution in [3.63, 3.8) is 0 Å². The van der Waals surface area contributed by atoms with Crippen molar-refractivity contribution in [3.8, 4) is 0 Å². The van der Waals surface area contributed by atoms with Gasteiger partial charge in [0.25, 0.3) is 0 Å². The molecule has 7 nitrogen and oxygen atoms in total. The van der Waals surface area contributed by atoms with Gasteiger partial charge >= 0.3 is 56.4 Å². The van der Waals surface area contributed by atoms with Crippen molar-refractivity contribution in [2.75, 3.05) is 26.2 Å². The first-order chi connectivity index (χ1) is 6.91. The van der Waals surface area contributed by atoms with Crippen LogP contribution in [0, 0.1) is 0 Å². The molecule has 0 aromatic carbocycles. The summed E-state index contributed by atoms with van der Waals surface area (Å²) in [6.45, 7) is 3.33. The fourth-order valence-corrected chi connectivity index (χ4v) is 0.804. The molecule has 0 unspecified atom stereocenters. The van der Waals surface area contributed by atoms with E-state index in [0.717, 1.165) is 32.4 Å². The van der Waals surface area contributed by atoms with E-state index in [-0.39, 0.29) is 24.6 Å². The molecule has 0 bridgehead atoms. The molecule has 0 radical (unpaired) electrons. The van der Waals surface area contributed by atoms with Crippen molar-refractivity contribution in [2.45, 2.75) is 19.3 Å². The maximum atomic E-state index is 6.88. The summed E-state index contributed by atoms with van der Waals surface area (Å²) >= 11 is 3.22. The van der Waals surface area contributed by atoms with Crippen molar-refractivity contribution in [1.29, 1.82) is 0 Å². The summed E-state index contributed by atoms with van der Waals surface area (Å²) in [4.78, 5) is 0. The largest absolute Gasteiger partial charge is 0.693 e. The van der Waals surface area contributed by atoms with Crippen molar-refractivity contribution < 1.29 is 42.9 Å². The molecule has 18 heavy (non-hydrogen) atoms. The Kier molecular flexibility index (Phi) is 148. The molecule has 0 spiro atoms. The van der Waals surface area contributed by atoms with E-state index in [2.05, 4.69) is 24.2 Å². The van der Waals surface area contributed by atoms with Crippen LogP contribution in [0.15, 0.2) is 0 Å². The van der Waals surface area contributed by atoms with E-state index in [9.17, 15) is 0 Å². The van der Waals surface area contributed by atoms with Gasteiger partial charge in [-0.3, -0.25) is 0 Å². The maximum absolute atomic E-state index is 6.88. The van der Waals surface area contributed by atoms with Gasteiger partial charge in [0.1, 0.15) is 0 Å². The Labute approximate surface area is 142 Å². The molecule has 0 saturated carbocycles. The zero-order chi connectivity index (χ0) is 11.7. The SMILES string of the molecule is [Cl][Pt].[Cl][Pt].[NH-]CCCC[NH2+]CCC[NH-].[NH2-].[NH2-].[NH2-].[NH2-]. The normalized spacial score (nSPS) is 6.44. The molecular weight excluding hydrogens is 643 g/mol. The van der Waals surface area contributed by atoms with Gasteiger partial charge in [0.15, 0.2) is 0 Å². The first kappa shape index (κ1) is 42.7. The average molecular weight is 669 g/mol. The molecule has 0 heterocycles. The van der Waals surface area contributed by atoms with Crippen molar-refractivity contribution >= 4 is 18.8 Å². The minimum Gasteiger partial charge on any atom is -0.693 e. The van der Waals surface area contributed by atoms with Crippen LogP contribution >= 0.6 is 18.8 Å². The first-order valence-corrected chi connectivity index (χ1v) is 9.89. The van der Waals surface area contributed by atoms with Gasteiger partial charge in [-0.1, -0.05) is 6.42 Å². The third-order valence-corrected chi connectivity index (χ3v) is 1.42. The molecule has 0 aliphatic heterocycles. The Bertz CT molecular complexity index is 71.8. The minimum absolute atomic E-state index is 0. The molecule has 0 atom stereocenters. The smallest absolute Gasteiger partial charge is 0.0754 e. The molecule has 0 fully saturated rings. The molecule has 0 saturated heterocycles. The number of nitrogens with two attached hydrogens (primary N) is 5. The Morgan fingerprint density at radius 3 is 1.33 bits per heavy atom. The summed E-state index contributed by atoms with van der Waals surface area (Å²) in [5.41, 5.74) is 13.7. The number of quaternary nitrogens is 1. The van der Waals surface area contributed by atoms with Gasteiger partial charge in [-0.05, 0) is 12.8 Å². The molecule has 0 aliphatic rings. The zero-order valence-corrected chi connectivity index (χ0v) is 16.3. The summed E-state index contributed by atoms with van der Waals surface area (Å²) in [6.07, 6.45) is 3.18. The Morgan fingerprint density at radius 2 is 1.00 bits per heavy atom. The fraction of sp³-hybridized carbons (Fsp3) is 1.00. The monoisotopic (exact) mass is 668 g/mol. The van der Waals surface area contributed by atoms with Crippen LogP contribution in [0.1, 0.15) is 19.3 Å². The molecule has 11 heteroatoms. The van der Waals surface area contributed by atoms with Gasteiger partial charge in [-0.2, -0.15) is 6.54 Å². The second-order valence-electron chi connectivity index (χ2n) is 2.43. The van der Waals surface area contributed by atoms with Gasteiger partial charge in [0, 0.05) is 0 Å². The molecule has 128 valence electrons. The van der Waals surface area contributed by atoms with Gasteiger partial charge in [-0.15, -0.1) is 6.54 Å². The van der Waals surface area contributed by atoms with Crippen LogP contribution in [-0.2, 0) is 37.5 Å². The number of hydrogen-bond donors (Lipinski definition) is 1. The van der Waals surface area contributed by atoms with Crippen LogP contribution in [0.5, 0.6) is 0 Å². The number of nitrogens with one attached hydrogen (secondary N) is 2. The van der Waals surface area contributed by atoms with Crippen LogP contribution in [0.2, 0.25) is 0 Å². The fourth-order valence-electron chi connectivity index (χ4n) is 0.804. The molecule has 0 aliphatic carbocycles. The van der Waals surface area contributed by atoms with Crippen LogP contribution in [0.25, 0.3) is 36.1 Å². The number of rotatable bonds is 7. The Balaban J connectivity index is -0.0000000275. The van der Waals surface area contributed by atoms with Gasteiger partial charge in [0.05, 0.1) is 13.1 Å². The second-order valence-corrected chi connectivity index (χ2v) is 2.43. The first-order valence-electron chi connectivity index (χ1n) is 4.26. The Hall–Kier alpha value is 1.68. The van der Waals surface area contributed by atoms with Crippen LogP contribution < -0.4 is 5.32 Å². The van der Waals surface area contributed by atoms with E-state index in [1.165, 1.54) is 0 Å². The van der Waals surface area contributed by atoms with Crippen LogP contribution in [0.4, 0.5) is 0 Å². The predicted octanol–water partition coefficient (Wildman–Crippen LogP) is 5.07. The third kappa shape index (κ3) is 65.3. The summed E-state index contributed by atoms with van der Waals surface area (Å²) in [5.74, 6) is 0. The topological polar surface area (TPSA) is 198 Å². The second kappa shape index (κ2) is 62.3. The zero-order valence-electron chi connectivity index (χ0n) is 10.2. The van der Waals surface area contributed by atoms with Gasteiger partial charge < -0.3 is 41.4 Å². The van der Waals surface area contributed by atoms with Crippen LogP contribution in [-0.4, -0.2) is 26.2 Å². The van der Waals surface area contributed by atoms with Crippen molar-refractivity contribution in [3.05, 3.63) is 36.1 Å². The maximum Gasteiger partial charge on any atom is 0.0754 e.